The summed E-state index contributed by atoms with van der Waals surface area (Å²) in [4.78, 5) is 38.1. The lowest BCUT2D eigenvalue weighted by Crippen LogP contribution is -2.34. The van der Waals surface area contributed by atoms with E-state index >= 15 is 0 Å². The first-order chi connectivity index (χ1) is 17.0. The molecule has 1 unspecified atom stereocenters. The van der Waals surface area contributed by atoms with Crippen LogP contribution in [0.2, 0.25) is 0 Å². The monoisotopic (exact) mass is 483 g/mol. The van der Waals surface area contributed by atoms with Crippen LogP contribution in [0.1, 0.15) is 65.8 Å². The third-order valence-electron chi connectivity index (χ3n) is 5.41. The van der Waals surface area contributed by atoms with E-state index in [0.717, 1.165) is 25.7 Å². The lowest BCUT2D eigenvalue weighted by atomic mass is 9.98. The van der Waals surface area contributed by atoms with Crippen LogP contribution in [0.15, 0.2) is 42.5 Å². The smallest absolute Gasteiger partial charge is 0.339 e. The molecular formula is C27H33NO7. The van der Waals surface area contributed by atoms with Gasteiger partial charge < -0.3 is 24.3 Å². The van der Waals surface area contributed by atoms with Gasteiger partial charge in [0.2, 0.25) is 0 Å². The van der Waals surface area contributed by atoms with E-state index in [1.165, 1.54) is 6.07 Å². The molecular weight excluding hydrogens is 450 g/mol. The fourth-order valence-electron chi connectivity index (χ4n) is 3.61. The van der Waals surface area contributed by atoms with E-state index in [2.05, 4.69) is 5.32 Å². The van der Waals surface area contributed by atoms with E-state index in [1.807, 2.05) is 13.8 Å². The molecule has 3 rings (SSSR count). The SMILES string of the molecule is CCCOc1ccc(C(=O)c2ccccc2C(=O)OCC(=O)NCC2CCCO2)cc1OCCC. The first-order valence-electron chi connectivity index (χ1n) is 12.1. The van der Waals surface area contributed by atoms with Crippen LogP contribution in [-0.2, 0) is 14.3 Å². The zero-order chi connectivity index (χ0) is 25.0. The van der Waals surface area contributed by atoms with Gasteiger partial charge in [0, 0.05) is 24.3 Å². The summed E-state index contributed by atoms with van der Waals surface area (Å²) in [7, 11) is 0. The van der Waals surface area contributed by atoms with Crippen molar-refractivity contribution in [1.29, 1.82) is 0 Å². The molecule has 2 aromatic rings. The lowest BCUT2D eigenvalue weighted by Gasteiger charge is -2.14. The summed E-state index contributed by atoms with van der Waals surface area (Å²) >= 11 is 0. The Hall–Kier alpha value is -3.39. The van der Waals surface area contributed by atoms with Gasteiger partial charge in [0.15, 0.2) is 23.9 Å². The Morgan fingerprint density at radius 3 is 2.37 bits per heavy atom. The molecule has 0 aliphatic carbocycles. The minimum Gasteiger partial charge on any atom is -0.490 e. The van der Waals surface area contributed by atoms with E-state index < -0.39 is 18.5 Å². The number of amides is 1. The predicted octanol–water partition coefficient (Wildman–Crippen LogP) is 3.95. The van der Waals surface area contributed by atoms with Crippen LogP contribution >= 0.6 is 0 Å². The van der Waals surface area contributed by atoms with Gasteiger partial charge in [-0.2, -0.15) is 0 Å². The summed E-state index contributed by atoms with van der Waals surface area (Å²) < 4.78 is 22.2. The number of carbonyl (C=O) groups is 3. The van der Waals surface area contributed by atoms with Crippen LogP contribution in [-0.4, -0.2) is 56.7 Å². The zero-order valence-corrected chi connectivity index (χ0v) is 20.3. The Morgan fingerprint density at radius 2 is 1.69 bits per heavy atom. The van der Waals surface area contributed by atoms with Crippen LogP contribution in [0.3, 0.4) is 0 Å². The number of rotatable bonds is 13. The van der Waals surface area contributed by atoms with Crippen molar-refractivity contribution in [3.63, 3.8) is 0 Å². The first-order valence-corrected chi connectivity index (χ1v) is 12.1. The number of carbonyl (C=O) groups excluding carboxylic acids is 3. The van der Waals surface area contributed by atoms with Crippen molar-refractivity contribution in [3.8, 4) is 11.5 Å². The molecule has 1 atom stereocenters. The molecule has 0 radical (unpaired) electrons. The van der Waals surface area contributed by atoms with Gasteiger partial charge in [-0.15, -0.1) is 0 Å². The summed E-state index contributed by atoms with van der Waals surface area (Å²) in [6.45, 7) is 5.66. The van der Waals surface area contributed by atoms with Gasteiger partial charge in [0.05, 0.1) is 24.9 Å². The second kappa shape index (κ2) is 13.5. The molecule has 0 aromatic heterocycles. The van der Waals surface area contributed by atoms with Gasteiger partial charge in [-0.25, -0.2) is 4.79 Å². The standard InChI is InChI=1S/C27H33NO7/c1-3-13-33-23-12-11-19(16-24(23)34-14-4-2)26(30)21-9-5-6-10-22(21)27(31)35-18-25(29)28-17-20-8-7-15-32-20/h5-6,9-12,16,20H,3-4,7-8,13-15,17-18H2,1-2H3,(H,28,29). The average molecular weight is 484 g/mol. The van der Waals surface area contributed by atoms with Gasteiger partial charge in [-0.3, -0.25) is 9.59 Å². The molecule has 1 amide bonds. The second-order valence-electron chi connectivity index (χ2n) is 8.25. The lowest BCUT2D eigenvalue weighted by molar-refractivity contribution is -0.124. The minimum absolute atomic E-state index is 0.00189. The molecule has 35 heavy (non-hydrogen) atoms. The van der Waals surface area contributed by atoms with E-state index in [-0.39, 0.29) is 23.0 Å². The van der Waals surface area contributed by atoms with Crippen LogP contribution in [0.5, 0.6) is 11.5 Å². The molecule has 8 nitrogen and oxygen atoms in total. The van der Waals surface area contributed by atoms with E-state index in [1.54, 1.807) is 36.4 Å². The summed E-state index contributed by atoms with van der Waals surface area (Å²) in [5.41, 5.74) is 0.627. The summed E-state index contributed by atoms with van der Waals surface area (Å²) in [5, 5.41) is 2.70. The van der Waals surface area contributed by atoms with Crippen molar-refractivity contribution in [2.45, 2.75) is 45.6 Å². The fourth-order valence-corrected chi connectivity index (χ4v) is 3.61. The van der Waals surface area contributed by atoms with Crippen LogP contribution in [0, 0.1) is 0 Å². The predicted molar refractivity (Wildman–Crippen MR) is 130 cm³/mol. The molecule has 0 bridgehead atoms. The number of ether oxygens (including phenoxy) is 4. The largest absolute Gasteiger partial charge is 0.490 e. The maximum Gasteiger partial charge on any atom is 0.339 e. The van der Waals surface area contributed by atoms with E-state index in [0.29, 0.717) is 43.4 Å². The molecule has 8 heteroatoms. The Morgan fingerprint density at radius 1 is 0.971 bits per heavy atom. The van der Waals surface area contributed by atoms with Crippen molar-refractivity contribution in [2.24, 2.45) is 0 Å². The van der Waals surface area contributed by atoms with E-state index in [4.69, 9.17) is 18.9 Å². The highest BCUT2D eigenvalue weighted by Gasteiger charge is 2.22. The quantitative estimate of drug-likeness (QED) is 0.340. The number of hydrogen-bond acceptors (Lipinski definition) is 7. The first kappa shape index (κ1) is 26.2. The molecule has 1 aliphatic rings. The van der Waals surface area contributed by atoms with Gasteiger partial charge >= 0.3 is 5.97 Å². The maximum atomic E-state index is 13.3. The third kappa shape index (κ3) is 7.55. The minimum atomic E-state index is -0.744. The summed E-state index contributed by atoms with van der Waals surface area (Å²) in [5.74, 6) is -0.471. The molecule has 1 N–H and O–H groups in total. The Bertz CT molecular complexity index is 1010. The van der Waals surface area contributed by atoms with Crippen molar-refractivity contribution < 1.29 is 33.3 Å². The molecule has 1 fully saturated rings. The van der Waals surface area contributed by atoms with Crippen LogP contribution in [0.4, 0.5) is 0 Å². The molecule has 1 heterocycles. The van der Waals surface area contributed by atoms with Crippen LogP contribution in [0.25, 0.3) is 0 Å². The van der Waals surface area contributed by atoms with Crippen molar-refractivity contribution in [3.05, 3.63) is 59.2 Å². The molecule has 0 saturated carbocycles. The number of benzene rings is 2. The topological polar surface area (TPSA) is 100 Å². The summed E-state index contributed by atoms with van der Waals surface area (Å²) in [6, 6.07) is 11.4. The average Bonchev–Trinajstić information content (AvgIpc) is 3.41. The highest BCUT2D eigenvalue weighted by atomic mass is 16.5. The van der Waals surface area contributed by atoms with Crippen molar-refractivity contribution in [2.75, 3.05) is 33.0 Å². The molecule has 2 aromatic carbocycles. The molecule has 1 aliphatic heterocycles. The normalized spacial score (nSPS) is 14.9. The van der Waals surface area contributed by atoms with Gasteiger partial charge in [0.25, 0.3) is 5.91 Å². The van der Waals surface area contributed by atoms with Crippen molar-refractivity contribution >= 4 is 17.7 Å². The molecule has 188 valence electrons. The highest BCUT2D eigenvalue weighted by Crippen LogP contribution is 2.30. The number of hydrogen-bond donors (Lipinski definition) is 1. The Balaban J connectivity index is 1.69. The second-order valence-corrected chi connectivity index (χ2v) is 8.25. The Kier molecular flexibility index (Phi) is 10.1. The van der Waals surface area contributed by atoms with Crippen molar-refractivity contribution in [1.82, 2.24) is 5.32 Å². The third-order valence-corrected chi connectivity index (χ3v) is 5.41. The van der Waals surface area contributed by atoms with Gasteiger partial charge in [-0.1, -0.05) is 32.0 Å². The van der Waals surface area contributed by atoms with Crippen LogP contribution < -0.4 is 14.8 Å². The van der Waals surface area contributed by atoms with Gasteiger partial charge in [0.1, 0.15) is 0 Å². The number of ketones is 1. The zero-order valence-electron chi connectivity index (χ0n) is 20.3. The number of nitrogens with one attached hydrogen (secondary N) is 1. The number of esters is 1. The fraction of sp³-hybridized carbons (Fsp3) is 0.444. The van der Waals surface area contributed by atoms with E-state index in [9.17, 15) is 14.4 Å². The molecule has 0 spiro atoms. The Labute approximate surface area is 205 Å². The molecule has 1 saturated heterocycles. The van der Waals surface area contributed by atoms with Gasteiger partial charge in [-0.05, 0) is 49.9 Å². The highest BCUT2D eigenvalue weighted by molar-refractivity contribution is 6.14. The summed E-state index contributed by atoms with van der Waals surface area (Å²) in [6.07, 6.45) is 3.52. The maximum absolute atomic E-state index is 13.3.